The third-order valence-corrected chi connectivity index (χ3v) is 12.8. The molecule has 230 valence electrons. The molecule has 3 aromatic heterocycles. The van der Waals surface area contributed by atoms with E-state index in [0.717, 1.165) is 27.8 Å². The predicted octanol–water partition coefficient (Wildman–Crippen LogP) is 0.959. The van der Waals surface area contributed by atoms with Crippen molar-refractivity contribution in [3.63, 3.8) is 0 Å². The molecule has 1 aromatic carbocycles. The topological polar surface area (TPSA) is 126 Å². The zero-order valence-electron chi connectivity index (χ0n) is 25.4. The normalized spacial score (nSPS) is 20.9. The molecule has 2 saturated heterocycles. The summed E-state index contributed by atoms with van der Waals surface area (Å²) in [6.45, 7) is 7.86. The standard InChI is InChI=1S/C31H33BrIN8O3/c1-16-7-8-24(32)36-28(16)37-29(44)23-11-31(4)30(33-31)41(23)25(43)15-40-27-20(14-39(5)6)9-19(21-12-34-18(3)35-13-21)10-22(27)26(38-40)17(2)42/h7-10,12-13,23,30H,11,14-15H2,1-6H3,(H,36,37,44)/q-1/t23-,30-,31+/m0/s1. The maximum atomic E-state index is 14.1. The van der Waals surface area contributed by atoms with Gasteiger partial charge in [-0.2, -0.15) is 0 Å². The van der Waals surface area contributed by atoms with Crippen LogP contribution in [0.3, 0.4) is 0 Å². The van der Waals surface area contributed by atoms with E-state index < -0.39 is 6.04 Å². The molecule has 6 rings (SSSR count). The van der Waals surface area contributed by atoms with Gasteiger partial charge in [0.15, 0.2) is 0 Å². The fourth-order valence-electron chi connectivity index (χ4n) is 5.83. The number of alkyl halides is 2. The van der Waals surface area contributed by atoms with Gasteiger partial charge in [0, 0.05) is 0 Å². The quantitative estimate of drug-likeness (QED) is 0.0925. The first-order valence-corrected chi connectivity index (χ1v) is 17.3. The Morgan fingerprint density at radius 1 is 1.14 bits per heavy atom. The Morgan fingerprint density at radius 2 is 1.86 bits per heavy atom. The van der Waals surface area contributed by atoms with E-state index >= 15 is 0 Å². The molecule has 0 aliphatic carbocycles. The molecule has 2 aliphatic rings. The Hall–Kier alpha value is -3.30. The van der Waals surface area contributed by atoms with Gasteiger partial charge in [0.05, 0.1) is 0 Å². The Kier molecular flexibility index (Phi) is 8.07. The number of nitrogens with one attached hydrogen (secondary N) is 1. The predicted molar refractivity (Wildman–Crippen MR) is 166 cm³/mol. The van der Waals surface area contributed by atoms with Gasteiger partial charge in [0.2, 0.25) is 0 Å². The molecule has 0 radical (unpaired) electrons. The fourth-order valence-corrected chi connectivity index (χ4v) is 9.53. The molecule has 2 aliphatic heterocycles. The molecule has 13 heteroatoms. The van der Waals surface area contributed by atoms with Crippen molar-refractivity contribution in [2.45, 2.75) is 60.7 Å². The molecular weight excluding hydrogens is 739 g/mol. The van der Waals surface area contributed by atoms with E-state index in [2.05, 4.69) is 43.1 Å². The van der Waals surface area contributed by atoms with E-state index in [-0.39, 0.29) is 52.8 Å². The number of anilines is 1. The number of carbonyl (C=O) groups is 3. The summed E-state index contributed by atoms with van der Waals surface area (Å²) in [4.78, 5) is 57.5. The van der Waals surface area contributed by atoms with Crippen molar-refractivity contribution < 1.29 is 35.6 Å². The van der Waals surface area contributed by atoms with Crippen LogP contribution in [0.1, 0.15) is 47.7 Å². The Bertz CT molecular complexity index is 1820. The van der Waals surface area contributed by atoms with Crippen molar-refractivity contribution in [3.8, 4) is 11.1 Å². The third kappa shape index (κ3) is 5.76. The molecule has 11 nitrogen and oxygen atoms in total. The number of likely N-dealkylation sites (tertiary alicyclic amines) is 1. The summed E-state index contributed by atoms with van der Waals surface area (Å²) < 4.78 is 2.36. The second-order valence-electron chi connectivity index (χ2n) is 11.9. The van der Waals surface area contributed by atoms with E-state index in [1.807, 2.05) is 57.1 Å². The Balaban J connectivity index is 1.37. The van der Waals surface area contributed by atoms with Crippen LogP contribution in [0, 0.1) is 13.8 Å². The molecule has 0 spiro atoms. The number of carbonyl (C=O) groups excluding carboxylic acids is 3. The van der Waals surface area contributed by atoms with E-state index in [4.69, 9.17) is 5.10 Å². The molecule has 2 fully saturated rings. The third-order valence-electron chi connectivity index (χ3n) is 8.01. The summed E-state index contributed by atoms with van der Waals surface area (Å²) in [5.74, 6) is 0.541. The Labute approximate surface area is 274 Å². The Morgan fingerprint density at radius 3 is 2.55 bits per heavy atom. The van der Waals surface area contributed by atoms with E-state index in [1.54, 1.807) is 22.0 Å². The van der Waals surface area contributed by atoms with Gasteiger partial charge >= 0.3 is 263 Å². The number of aromatic nitrogens is 5. The van der Waals surface area contributed by atoms with Crippen LogP contribution >= 0.6 is 15.9 Å². The maximum absolute atomic E-state index is 14.1. The second-order valence-corrected chi connectivity index (χ2v) is 17.0. The van der Waals surface area contributed by atoms with Crippen molar-refractivity contribution in [2.75, 3.05) is 19.4 Å². The van der Waals surface area contributed by atoms with E-state index in [9.17, 15) is 14.4 Å². The molecule has 44 heavy (non-hydrogen) atoms. The number of halogens is 2. The van der Waals surface area contributed by atoms with Gasteiger partial charge in [-0.3, -0.25) is 0 Å². The van der Waals surface area contributed by atoms with Crippen molar-refractivity contribution >= 4 is 50.2 Å². The van der Waals surface area contributed by atoms with Gasteiger partial charge in [0.1, 0.15) is 5.82 Å². The van der Waals surface area contributed by atoms with Gasteiger partial charge in [-0.05, 0) is 6.92 Å². The minimum absolute atomic E-state index is 0.00805. The van der Waals surface area contributed by atoms with Crippen molar-refractivity contribution in [1.82, 2.24) is 34.5 Å². The van der Waals surface area contributed by atoms with Crippen molar-refractivity contribution in [2.24, 2.45) is 0 Å². The van der Waals surface area contributed by atoms with Crippen LogP contribution in [0.5, 0.6) is 0 Å². The number of benzene rings is 1. The van der Waals surface area contributed by atoms with E-state index in [0.29, 0.717) is 40.3 Å². The number of nitrogens with zero attached hydrogens (tertiary/aromatic N) is 7. The number of Topliss-reactive ketones (excluding diaryl/α,β-unsaturated/α-hetero) is 1. The summed E-state index contributed by atoms with van der Waals surface area (Å²) >= 11 is 3.12. The molecular formula is C31H33BrIN8O3-. The summed E-state index contributed by atoms with van der Waals surface area (Å²) in [7, 11) is 3.94. The molecule has 2 amide bonds. The number of pyridine rings is 1. The SMILES string of the molecule is CC(=O)c1nn(CC(=O)N2[C@H](C(=O)Nc3nc(Br)ccc3C)C[C@@]3(C)[I-][C@@H]23)c2c(CN(C)C)cc(-c3cnc(C)nc3)cc12. The molecule has 1 N–H and O–H groups in total. The molecule has 0 unspecified atom stereocenters. The van der Waals surface area contributed by atoms with Crippen LogP contribution in [0.2, 0.25) is 0 Å². The van der Waals surface area contributed by atoms with Gasteiger partial charge in [-0.15, -0.1) is 0 Å². The van der Waals surface area contributed by atoms with Gasteiger partial charge in [-0.1, -0.05) is 0 Å². The van der Waals surface area contributed by atoms with Crippen LogP contribution < -0.4 is 26.5 Å². The number of hydrogen-bond donors (Lipinski definition) is 1. The zero-order valence-corrected chi connectivity index (χ0v) is 29.1. The van der Waals surface area contributed by atoms with Crippen LogP contribution in [-0.2, 0) is 22.7 Å². The first-order valence-electron chi connectivity index (χ1n) is 14.2. The van der Waals surface area contributed by atoms with Crippen LogP contribution in [0.15, 0.2) is 41.3 Å². The van der Waals surface area contributed by atoms with Crippen LogP contribution in [0.4, 0.5) is 5.82 Å². The summed E-state index contributed by atoms with van der Waals surface area (Å²) in [6.07, 6.45) is 4.16. The number of hydrogen-bond acceptors (Lipinski definition) is 8. The van der Waals surface area contributed by atoms with Gasteiger partial charge < -0.3 is 0 Å². The summed E-state index contributed by atoms with van der Waals surface area (Å²) in [5, 5.41) is 8.33. The zero-order chi connectivity index (χ0) is 31.5. The number of ketones is 1. The van der Waals surface area contributed by atoms with Crippen LogP contribution in [0.25, 0.3) is 22.0 Å². The molecule has 0 bridgehead atoms. The summed E-state index contributed by atoms with van der Waals surface area (Å²) in [5.41, 5.74) is 4.50. The average molecular weight is 772 g/mol. The molecule has 3 atom stereocenters. The molecule has 4 aromatic rings. The number of rotatable bonds is 8. The number of fused-ring (bicyclic) bond motifs is 2. The first-order chi connectivity index (χ1) is 20.8. The summed E-state index contributed by atoms with van der Waals surface area (Å²) in [6, 6.07) is 7.08. The average Bonchev–Trinajstić information content (AvgIpc) is 3.31. The molecule has 5 heterocycles. The minimum atomic E-state index is -0.602. The first kappa shape index (κ1) is 30.7. The number of aryl methyl sites for hydroxylation is 2. The van der Waals surface area contributed by atoms with Crippen LogP contribution in [-0.4, -0.2) is 79.7 Å². The molecule has 0 saturated carbocycles. The number of amides is 2. The van der Waals surface area contributed by atoms with Gasteiger partial charge in [0.25, 0.3) is 0 Å². The second kappa shape index (κ2) is 11.6. The van der Waals surface area contributed by atoms with Crippen molar-refractivity contribution in [3.05, 3.63) is 63.9 Å². The van der Waals surface area contributed by atoms with Crippen molar-refractivity contribution in [1.29, 1.82) is 0 Å². The van der Waals surface area contributed by atoms with Gasteiger partial charge in [-0.25, -0.2) is 0 Å². The van der Waals surface area contributed by atoms with E-state index in [1.165, 1.54) is 6.92 Å². The fraction of sp³-hybridized carbons (Fsp3) is 0.387. The monoisotopic (exact) mass is 771 g/mol.